The number of hydrogen-bond acceptors (Lipinski definition) is 1. The van der Waals surface area contributed by atoms with Gasteiger partial charge in [0, 0.05) is 16.2 Å². The molecule has 0 heterocycles. The third kappa shape index (κ3) is 3.75. The Hall–Kier alpha value is -0.500. The van der Waals surface area contributed by atoms with Crippen molar-refractivity contribution in [2.45, 2.75) is 58.9 Å². The molecule has 1 aromatic rings. The molecule has 2 heteroatoms. The zero-order valence-electron chi connectivity index (χ0n) is 12.4. The number of anilines is 1. The van der Waals surface area contributed by atoms with Gasteiger partial charge >= 0.3 is 0 Å². The maximum atomic E-state index is 3.69. The van der Waals surface area contributed by atoms with Crippen LogP contribution < -0.4 is 5.32 Å². The third-order valence-corrected chi connectivity index (χ3v) is 5.67. The lowest BCUT2D eigenvalue weighted by atomic mass is 9.69. The van der Waals surface area contributed by atoms with Gasteiger partial charge in [-0.05, 0) is 65.1 Å². The highest BCUT2D eigenvalue weighted by Crippen LogP contribution is 2.41. The Labute approximate surface area is 126 Å². The first-order valence-electron chi connectivity index (χ1n) is 7.54. The van der Waals surface area contributed by atoms with Gasteiger partial charge in [-0.15, -0.1) is 0 Å². The maximum Gasteiger partial charge on any atom is 0.0486 e. The van der Waals surface area contributed by atoms with Gasteiger partial charge < -0.3 is 5.32 Å². The summed E-state index contributed by atoms with van der Waals surface area (Å²) >= 11 is 3.62. The minimum Gasteiger partial charge on any atom is -0.381 e. The third-order valence-electron chi connectivity index (χ3n) is 4.98. The zero-order valence-corrected chi connectivity index (χ0v) is 14.0. The van der Waals surface area contributed by atoms with Gasteiger partial charge in [0.2, 0.25) is 0 Å². The fraction of sp³-hybridized carbons (Fsp3) is 0.647. The number of hydrogen-bond donors (Lipinski definition) is 1. The minimum absolute atomic E-state index is 0.512. The van der Waals surface area contributed by atoms with Gasteiger partial charge in [0.25, 0.3) is 0 Å². The van der Waals surface area contributed by atoms with E-state index < -0.39 is 0 Å². The highest BCUT2D eigenvalue weighted by molar-refractivity contribution is 9.10. The molecule has 0 saturated heterocycles. The highest BCUT2D eigenvalue weighted by Gasteiger charge is 2.31. The van der Waals surface area contributed by atoms with Crippen molar-refractivity contribution < 1.29 is 0 Å². The Morgan fingerprint density at radius 2 is 1.79 bits per heavy atom. The molecule has 0 bridgehead atoms. The second-order valence-electron chi connectivity index (χ2n) is 6.51. The molecule has 1 nitrogen and oxygen atoms in total. The van der Waals surface area contributed by atoms with Gasteiger partial charge in [0.1, 0.15) is 0 Å². The molecule has 1 saturated carbocycles. The van der Waals surface area contributed by atoms with Crippen molar-refractivity contribution in [3.63, 3.8) is 0 Å². The Bertz CT molecular complexity index is 405. The SMILES string of the molecule is CCC(C)(C)C1CCC(Nc2ccccc2Br)CC1. The molecule has 0 aliphatic heterocycles. The van der Waals surface area contributed by atoms with Gasteiger partial charge in [-0.1, -0.05) is 39.3 Å². The quantitative estimate of drug-likeness (QED) is 0.732. The van der Waals surface area contributed by atoms with Crippen LogP contribution in [0.25, 0.3) is 0 Å². The van der Waals surface area contributed by atoms with Crippen molar-refractivity contribution in [1.29, 1.82) is 0 Å². The maximum absolute atomic E-state index is 3.69. The molecule has 0 aromatic heterocycles. The Morgan fingerprint density at radius 3 is 2.37 bits per heavy atom. The van der Waals surface area contributed by atoms with Crippen molar-refractivity contribution in [3.8, 4) is 0 Å². The standard InChI is InChI=1S/C17H26BrN/c1-4-17(2,3)13-9-11-14(12-10-13)19-16-8-6-5-7-15(16)18/h5-8,13-14,19H,4,9-12H2,1-3H3. The van der Waals surface area contributed by atoms with Crippen molar-refractivity contribution in [2.75, 3.05) is 5.32 Å². The summed E-state index contributed by atoms with van der Waals surface area (Å²) in [6.07, 6.45) is 6.62. The van der Waals surface area contributed by atoms with Crippen molar-refractivity contribution in [2.24, 2.45) is 11.3 Å². The molecule has 1 aromatic carbocycles. The molecule has 1 fully saturated rings. The fourth-order valence-corrected chi connectivity index (χ4v) is 3.51. The molecule has 0 unspecified atom stereocenters. The van der Waals surface area contributed by atoms with E-state index in [1.807, 2.05) is 0 Å². The van der Waals surface area contributed by atoms with Crippen molar-refractivity contribution in [1.82, 2.24) is 0 Å². The normalized spacial score (nSPS) is 24.2. The van der Waals surface area contributed by atoms with Gasteiger partial charge in [-0.2, -0.15) is 0 Å². The van der Waals surface area contributed by atoms with Crippen molar-refractivity contribution in [3.05, 3.63) is 28.7 Å². The van der Waals surface area contributed by atoms with Crippen LogP contribution in [0.5, 0.6) is 0 Å². The molecule has 19 heavy (non-hydrogen) atoms. The van der Waals surface area contributed by atoms with Crippen LogP contribution in [-0.2, 0) is 0 Å². The molecule has 1 aliphatic rings. The first-order chi connectivity index (χ1) is 9.03. The molecule has 1 N–H and O–H groups in total. The number of nitrogens with one attached hydrogen (secondary N) is 1. The zero-order chi connectivity index (χ0) is 13.9. The summed E-state index contributed by atoms with van der Waals surface area (Å²) in [4.78, 5) is 0. The van der Waals surface area contributed by atoms with Crippen LogP contribution >= 0.6 is 15.9 Å². The predicted octanol–water partition coefficient (Wildman–Crippen LogP) is 5.86. The van der Waals surface area contributed by atoms with Crippen LogP contribution in [0.1, 0.15) is 52.9 Å². The lowest BCUT2D eigenvalue weighted by molar-refractivity contribution is 0.147. The number of benzene rings is 1. The average molecular weight is 324 g/mol. The van der Waals surface area contributed by atoms with E-state index in [2.05, 4.69) is 66.3 Å². The second-order valence-corrected chi connectivity index (χ2v) is 7.37. The Morgan fingerprint density at radius 1 is 1.16 bits per heavy atom. The monoisotopic (exact) mass is 323 g/mol. The van der Waals surface area contributed by atoms with E-state index in [9.17, 15) is 0 Å². The minimum atomic E-state index is 0.512. The topological polar surface area (TPSA) is 12.0 Å². The Kier molecular flexibility index (Phi) is 4.94. The van der Waals surface area contributed by atoms with Crippen molar-refractivity contribution >= 4 is 21.6 Å². The van der Waals surface area contributed by atoms with Crippen LogP contribution in [0.15, 0.2) is 28.7 Å². The van der Waals surface area contributed by atoms with E-state index in [0.29, 0.717) is 11.5 Å². The number of rotatable bonds is 4. The largest absolute Gasteiger partial charge is 0.381 e. The second kappa shape index (κ2) is 6.30. The lowest BCUT2D eigenvalue weighted by Gasteiger charge is -2.39. The smallest absolute Gasteiger partial charge is 0.0486 e. The summed E-state index contributed by atoms with van der Waals surface area (Å²) in [5.74, 6) is 0.898. The summed E-state index contributed by atoms with van der Waals surface area (Å²) in [7, 11) is 0. The molecule has 1 aliphatic carbocycles. The van der Waals surface area contributed by atoms with Crippen LogP contribution in [0.4, 0.5) is 5.69 Å². The molecular weight excluding hydrogens is 298 g/mol. The molecule has 0 spiro atoms. The summed E-state index contributed by atoms with van der Waals surface area (Å²) in [6, 6.07) is 9.07. The summed E-state index contributed by atoms with van der Waals surface area (Å²) in [5.41, 5.74) is 1.75. The average Bonchev–Trinajstić information content (AvgIpc) is 2.42. The van der Waals surface area contributed by atoms with E-state index >= 15 is 0 Å². The molecular formula is C17H26BrN. The van der Waals surface area contributed by atoms with Crippen LogP contribution in [-0.4, -0.2) is 6.04 Å². The molecule has 2 rings (SSSR count). The van der Waals surface area contributed by atoms with Gasteiger partial charge in [0.05, 0.1) is 0 Å². The first-order valence-corrected chi connectivity index (χ1v) is 8.33. The Balaban J connectivity index is 1.89. The fourth-order valence-electron chi connectivity index (χ4n) is 3.11. The lowest BCUT2D eigenvalue weighted by Crippen LogP contribution is -2.32. The number of para-hydroxylation sites is 1. The highest BCUT2D eigenvalue weighted by atomic mass is 79.9. The number of halogens is 1. The molecule has 106 valence electrons. The van der Waals surface area contributed by atoms with Gasteiger partial charge in [-0.3, -0.25) is 0 Å². The van der Waals surface area contributed by atoms with Crippen LogP contribution in [0.2, 0.25) is 0 Å². The molecule has 0 atom stereocenters. The van der Waals surface area contributed by atoms with E-state index in [0.717, 1.165) is 5.92 Å². The summed E-state index contributed by atoms with van der Waals surface area (Å²) in [6.45, 7) is 7.18. The van der Waals surface area contributed by atoms with E-state index in [1.165, 1.54) is 42.3 Å². The predicted molar refractivity (Wildman–Crippen MR) is 87.6 cm³/mol. The molecule has 0 amide bonds. The summed E-state index contributed by atoms with van der Waals surface area (Å²) < 4.78 is 1.17. The van der Waals surface area contributed by atoms with E-state index in [-0.39, 0.29) is 0 Å². The van der Waals surface area contributed by atoms with Gasteiger partial charge in [-0.25, -0.2) is 0 Å². The van der Waals surface area contributed by atoms with Crippen LogP contribution in [0, 0.1) is 11.3 Å². The molecule has 0 radical (unpaired) electrons. The summed E-state index contributed by atoms with van der Waals surface area (Å²) in [5, 5.41) is 3.69. The first kappa shape index (κ1) is 14.9. The van der Waals surface area contributed by atoms with Gasteiger partial charge in [0.15, 0.2) is 0 Å². The van der Waals surface area contributed by atoms with E-state index in [1.54, 1.807) is 0 Å². The van der Waals surface area contributed by atoms with E-state index in [4.69, 9.17) is 0 Å². The van der Waals surface area contributed by atoms with Crippen LogP contribution in [0.3, 0.4) is 0 Å².